The van der Waals surface area contributed by atoms with Crippen molar-refractivity contribution in [3.8, 4) is 0 Å². The Labute approximate surface area is 79.6 Å². The summed E-state index contributed by atoms with van der Waals surface area (Å²) in [5.74, 6) is 1.21. The minimum Gasteiger partial charge on any atom is -0.386 e. The van der Waals surface area contributed by atoms with Gasteiger partial charge in [-0.15, -0.1) is 0 Å². The molecule has 0 amide bonds. The summed E-state index contributed by atoms with van der Waals surface area (Å²) in [4.78, 5) is 0. The van der Waals surface area contributed by atoms with Crippen LogP contribution in [0.25, 0.3) is 0 Å². The minimum absolute atomic E-state index is 0.260. The first kappa shape index (κ1) is 9.22. The van der Waals surface area contributed by atoms with Gasteiger partial charge >= 0.3 is 0 Å². The van der Waals surface area contributed by atoms with Crippen molar-refractivity contribution in [1.82, 2.24) is 0 Å². The molecular formula is C11H18O2. The van der Waals surface area contributed by atoms with Crippen molar-refractivity contribution in [2.45, 2.75) is 38.4 Å². The molecule has 2 aliphatic rings. The predicted octanol–water partition coefficient (Wildman–Crippen LogP) is 1.74. The Balaban J connectivity index is 2.16. The summed E-state index contributed by atoms with van der Waals surface area (Å²) in [6, 6.07) is 0. The van der Waals surface area contributed by atoms with Gasteiger partial charge in [-0.05, 0) is 30.8 Å². The molecule has 0 bridgehead atoms. The van der Waals surface area contributed by atoms with E-state index in [1.807, 2.05) is 6.92 Å². The SMILES string of the molecule is C=C1C[C@@H]2[C@H](C)CO[C@@H]2C[C@@]1(C)O. The highest BCUT2D eigenvalue weighted by Crippen LogP contribution is 2.43. The second kappa shape index (κ2) is 2.82. The fourth-order valence-electron chi connectivity index (χ4n) is 2.47. The number of hydrogen-bond donors (Lipinski definition) is 1. The van der Waals surface area contributed by atoms with E-state index in [-0.39, 0.29) is 6.10 Å². The van der Waals surface area contributed by atoms with Gasteiger partial charge in [0, 0.05) is 13.0 Å². The third kappa shape index (κ3) is 1.42. The molecule has 13 heavy (non-hydrogen) atoms. The number of fused-ring (bicyclic) bond motifs is 1. The van der Waals surface area contributed by atoms with Gasteiger partial charge in [-0.2, -0.15) is 0 Å². The third-order valence-electron chi connectivity index (χ3n) is 3.62. The van der Waals surface area contributed by atoms with Crippen molar-refractivity contribution < 1.29 is 9.84 Å². The number of hydrogen-bond acceptors (Lipinski definition) is 2. The lowest BCUT2D eigenvalue weighted by atomic mass is 9.72. The highest BCUT2D eigenvalue weighted by Gasteiger charge is 2.44. The summed E-state index contributed by atoms with van der Waals surface area (Å²) in [6.45, 7) is 8.87. The van der Waals surface area contributed by atoms with Gasteiger partial charge in [-0.3, -0.25) is 0 Å². The van der Waals surface area contributed by atoms with Gasteiger partial charge in [0.1, 0.15) is 0 Å². The van der Waals surface area contributed by atoms with Crippen LogP contribution in [0.3, 0.4) is 0 Å². The van der Waals surface area contributed by atoms with Crippen molar-refractivity contribution in [2.24, 2.45) is 11.8 Å². The molecule has 4 atom stereocenters. The molecule has 74 valence electrons. The van der Waals surface area contributed by atoms with Gasteiger partial charge in [-0.25, -0.2) is 0 Å². The van der Waals surface area contributed by atoms with Crippen molar-refractivity contribution in [3.05, 3.63) is 12.2 Å². The van der Waals surface area contributed by atoms with E-state index < -0.39 is 5.60 Å². The molecule has 0 aromatic heterocycles. The van der Waals surface area contributed by atoms with Gasteiger partial charge in [0.2, 0.25) is 0 Å². The van der Waals surface area contributed by atoms with Crippen LogP contribution in [0.5, 0.6) is 0 Å². The van der Waals surface area contributed by atoms with Crippen LogP contribution < -0.4 is 0 Å². The van der Waals surface area contributed by atoms with Crippen LogP contribution in [0.2, 0.25) is 0 Å². The summed E-state index contributed by atoms with van der Waals surface area (Å²) in [7, 11) is 0. The van der Waals surface area contributed by atoms with Crippen molar-refractivity contribution >= 4 is 0 Å². The van der Waals surface area contributed by atoms with Crippen LogP contribution in [0, 0.1) is 11.8 Å². The van der Waals surface area contributed by atoms with E-state index in [1.54, 1.807) is 0 Å². The zero-order chi connectivity index (χ0) is 9.64. The monoisotopic (exact) mass is 182 g/mol. The van der Waals surface area contributed by atoms with Gasteiger partial charge in [-0.1, -0.05) is 13.5 Å². The first-order valence-corrected chi connectivity index (χ1v) is 5.03. The smallest absolute Gasteiger partial charge is 0.0851 e. The molecule has 1 saturated carbocycles. The van der Waals surface area contributed by atoms with Gasteiger partial charge in [0.15, 0.2) is 0 Å². The molecule has 2 fully saturated rings. The normalized spacial score (nSPS) is 50.7. The quantitative estimate of drug-likeness (QED) is 0.578. The van der Waals surface area contributed by atoms with Gasteiger partial charge in [0.25, 0.3) is 0 Å². The Kier molecular flexibility index (Phi) is 2.00. The predicted molar refractivity (Wildman–Crippen MR) is 51.4 cm³/mol. The second-order valence-corrected chi connectivity index (χ2v) is 4.80. The van der Waals surface area contributed by atoms with E-state index >= 15 is 0 Å². The molecule has 2 heteroatoms. The number of ether oxygens (including phenoxy) is 1. The zero-order valence-electron chi connectivity index (χ0n) is 8.42. The lowest BCUT2D eigenvalue weighted by Gasteiger charge is -2.38. The molecule has 1 aliphatic heterocycles. The highest BCUT2D eigenvalue weighted by molar-refractivity contribution is 5.17. The molecule has 1 aliphatic carbocycles. The van der Waals surface area contributed by atoms with E-state index in [1.165, 1.54) is 0 Å². The molecule has 1 saturated heterocycles. The number of rotatable bonds is 0. The standard InChI is InChI=1S/C11H18O2/c1-7-6-13-10-5-11(3,12)8(2)4-9(7)10/h7,9-10,12H,2,4-6H2,1,3H3/t7-,9-,10-,11-/m1/s1. The largest absolute Gasteiger partial charge is 0.386 e. The first-order chi connectivity index (χ1) is 6.00. The lowest BCUT2D eigenvalue weighted by Crippen LogP contribution is -2.40. The minimum atomic E-state index is -0.703. The molecular weight excluding hydrogens is 164 g/mol. The number of aliphatic hydroxyl groups is 1. The van der Waals surface area contributed by atoms with E-state index in [9.17, 15) is 5.11 Å². The van der Waals surface area contributed by atoms with Crippen LogP contribution in [0.15, 0.2) is 12.2 Å². The molecule has 0 aromatic carbocycles. The third-order valence-corrected chi connectivity index (χ3v) is 3.62. The van der Waals surface area contributed by atoms with Gasteiger partial charge in [0.05, 0.1) is 11.7 Å². The van der Waals surface area contributed by atoms with Crippen molar-refractivity contribution in [3.63, 3.8) is 0 Å². The molecule has 2 nitrogen and oxygen atoms in total. The van der Waals surface area contributed by atoms with E-state index in [0.717, 1.165) is 25.0 Å². The maximum Gasteiger partial charge on any atom is 0.0851 e. The van der Waals surface area contributed by atoms with E-state index in [2.05, 4.69) is 13.5 Å². The Hall–Kier alpha value is -0.340. The molecule has 0 spiro atoms. The fraction of sp³-hybridized carbons (Fsp3) is 0.818. The second-order valence-electron chi connectivity index (χ2n) is 4.80. The average Bonchev–Trinajstić information content (AvgIpc) is 2.34. The summed E-state index contributed by atoms with van der Waals surface area (Å²) in [6.07, 6.45) is 1.91. The van der Waals surface area contributed by atoms with Crippen LogP contribution in [0.4, 0.5) is 0 Å². The molecule has 0 unspecified atom stereocenters. The van der Waals surface area contributed by atoms with Crippen LogP contribution >= 0.6 is 0 Å². The molecule has 2 rings (SSSR count). The zero-order valence-corrected chi connectivity index (χ0v) is 8.42. The molecule has 0 radical (unpaired) electrons. The summed E-state index contributed by atoms with van der Waals surface area (Å²) in [5, 5.41) is 10.00. The van der Waals surface area contributed by atoms with Crippen LogP contribution in [0.1, 0.15) is 26.7 Å². The van der Waals surface area contributed by atoms with E-state index in [4.69, 9.17) is 4.74 Å². The molecule has 0 aromatic rings. The summed E-state index contributed by atoms with van der Waals surface area (Å²) >= 11 is 0. The van der Waals surface area contributed by atoms with E-state index in [0.29, 0.717) is 11.8 Å². The fourth-order valence-corrected chi connectivity index (χ4v) is 2.47. The average molecular weight is 182 g/mol. The van der Waals surface area contributed by atoms with Gasteiger partial charge < -0.3 is 9.84 Å². The molecule has 1 N–H and O–H groups in total. The Morgan fingerprint density at radius 2 is 2.31 bits per heavy atom. The Morgan fingerprint density at radius 1 is 1.62 bits per heavy atom. The summed E-state index contributed by atoms with van der Waals surface area (Å²) in [5.41, 5.74) is 0.275. The Bertz CT molecular complexity index is 232. The van der Waals surface area contributed by atoms with Crippen molar-refractivity contribution in [2.75, 3.05) is 6.61 Å². The Morgan fingerprint density at radius 3 is 3.00 bits per heavy atom. The highest BCUT2D eigenvalue weighted by atomic mass is 16.5. The lowest BCUT2D eigenvalue weighted by molar-refractivity contribution is -0.0175. The molecule has 1 heterocycles. The van der Waals surface area contributed by atoms with Crippen LogP contribution in [-0.4, -0.2) is 23.4 Å². The maximum atomic E-state index is 10.00. The van der Waals surface area contributed by atoms with Crippen LogP contribution in [-0.2, 0) is 4.74 Å². The van der Waals surface area contributed by atoms with Crippen molar-refractivity contribution in [1.29, 1.82) is 0 Å². The topological polar surface area (TPSA) is 29.5 Å². The summed E-state index contributed by atoms with van der Waals surface area (Å²) < 4.78 is 5.65. The first-order valence-electron chi connectivity index (χ1n) is 5.03. The maximum absolute atomic E-state index is 10.00.